The van der Waals surface area contributed by atoms with Gasteiger partial charge >= 0.3 is 0 Å². The van der Waals surface area contributed by atoms with Crippen LogP contribution < -0.4 is 15.1 Å². The lowest BCUT2D eigenvalue weighted by atomic mass is 10.0. The highest BCUT2D eigenvalue weighted by Crippen LogP contribution is 2.36. The van der Waals surface area contributed by atoms with Crippen molar-refractivity contribution in [2.24, 2.45) is 0 Å². The first-order chi connectivity index (χ1) is 28.6. The Morgan fingerprint density at radius 1 is 0.898 bits per heavy atom. The maximum Gasteiger partial charge on any atom is 0.270 e. The Kier molecular flexibility index (Phi) is 10.8. The normalized spacial score (nSPS) is 20.8. The number of benzene rings is 1. The van der Waals surface area contributed by atoms with Gasteiger partial charge in [0.05, 0.1) is 24.0 Å². The predicted molar refractivity (Wildman–Crippen MR) is 224 cm³/mol. The Labute approximate surface area is 344 Å². The largest absolute Gasteiger partial charge is 0.368 e. The quantitative estimate of drug-likeness (QED) is 0.251. The molecule has 1 saturated carbocycles. The average Bonchev–Trinajstić information content (AvgIpc) is 3.98. The first kappa shape index (κ1) is 39.1. The van der Waals surface area contributed by atoms with Crippen LogP contribution in [0.25, 0.3) is 11.0 Å². The fourth-order valence-electron chi connectivity index (χ4n) is 9.55. The lowest BCUT2D eigenvalue weighted by molar-refractivity contribution is -0.126. The minimum atomic E-state index is -0.561. The molecule has 4 aliphatic heterocycles. The van der Waals surface area contributed by atoms with Gasteiger partial charge in [-0.05, 0) is 61.6 Å². The molecule has 0 bridgehead atoms. The van der Waals surface area contributed by atoms with Crippen LogP contribution in [-0.2, 0) is 17.8 Å². The lowest BCUT2D eigenvalue weighted by Crippen LogP contribution is -2.51. The topological polar surface area (TPSA) is 126 Å². The summed E-state index contributed by atoms with van der Waals surface area (Å²) in [6.45, 7) is 13.0. The van der Waals surface area contributed by atoms with E-state index in [2.05, 4.69) is 53.2 Å². The van der Waals surface area contributed by atoms with E-state index in [-0.39, 0.29) is 29.6 Å². The zero-order valence-corrected chi connectivity index (χ0v) is 34.2. The summed E-state index contributed by atoms with van der Waals surface area (Å²) in [5.74, 6) is -0.195. The molecule has 3 aromatic heterocycles. The van der Waals surface area contributed by atoms with Gasteiger partial charge in [-0.3, -0.25) is 29.2 Å². The van der Waals surface area contributed by atoms with Crippen molar-refractivity contribution in [1.29, 1.82) is 0 Å². The number of anilines is 2. The summed E-state index contributed by atoms with van der Waals surface area (Å²) in [5, 5.41) is 3.66. The van der Waals surface area contributed by atoms with E-state index < -0.39 is 6.04 Å². The van der Waals surface area contributed by atoms with Crippen LogP contribution in [-0.4, -0.2) is 142 Å². The fraction of sp³-hybridized carbons (Fsp3) is 0.500. The van der Waals surface area contributed by atoms with Crippen molar-refractivity contribution < 1.29 is 18.8 Å². The van der Waals surface area contributed by atoms with Crippen molar-refractivity contribution in [3.63, 3.8) is 0 Å². The molecule has 3 saturated heterocycles. The number of rotatable bonds is 10. The van der Waals surface area contributed by atoms with E-state index in [4.69, 9.17) is 9.97 Å². The van der Waals surface area contributed by atoms with Gasteiger partial charge in [-0.1, -0.05) is 19.4 Å². The number of halogens is 1. The minimum absolute atomic E-state index is 0.00879. The molecule has 1 aliphatic carbocycles. The molecule has 1 atom stereocenters. The number of piperazine rings is 2. The van der Waals surface area contributed by atoms with Gasteiger partial charge in [0, 0.05) is 121 Å². The molecular formula is C44H54FN11O3. The number of amides is 3. The number of carbonyl (C=O) groups is 3. The van der Waals surface area contributed by atoms with Crippen LogP contribution in [0, 0.1) is 5.82 Å². The van der Waals surface area contributed by atoms with Crippen LogP contribution in [0.1, 0.15) is 82.5 Å². The van der Waals surface area contributed by atoms with Gasteiger partial charge in [0.1, 0.15) is 29.0 Å². The highest BCUT2D eigenvalue weighted by Gasteiger charge is 2.39. The molecule has 5 aliphatic rings. The molecule has 4 fully saturated rings. The Bertz CT molecular complexity index is 2250. The SMILES string of the molecule is C=C1CCC(N2Cc3cc(N4CCN(CCN5CCN(c6ccc(Cc7ncc8cc(C(=O)N(C)C)n(C9CCCC9)c8n7)nc6)CC5)CC4)c(F)cc3C2=O)C(=O)N1. The van der Waals surface area contributed by atoms with E-state index >= 15 is 4.39 Å². The first-order valence-electron chi connectivity index (χ1n) is 21.2. The molecule has 0 radical (unpaired) electrons. The van der Waals surface area contributed by atoms with Gasteiger partial charge in [-0.25, -0.2) is 14.4 Å². The van der Waals surface area contributed by atoms with Crippen molar-refractivity contribution in [2.75, 3.05) is 89.3 Å². The third-order valence-corrected chi connectivity index (χ3v) is 13.0. The highest BCUT2D eigenvalue weighted by molar-refractivity contribution is 6.02. The number of nitrogens with zero attached hydrogens (tertiary/aromatic N) is 10. The number of hydrogen-bond acceptors (Lipinski definition) is 10. The molecule has 14 nitrogen and oxygen atoms in total. The number of allylic oxidation sites excluding steroid dienone is 1. The molecule has 0 spiro atoms. The van der Waals surface area contributed by atoms with Gasteiger partial charge in [0.2, 0.25) is 5.91 Å². The first-order valence-corrected chi connectivity index (χ1v) is 21.2. The maximum absolute atomic E-state index is 15.4. The van der Waals surface area contributed by atoms with E-state index in [9.17, 15) is 14.4 Å². The van der Waals surface area contributed by atoms with Crippen LogP contribution in [0.5, 0.6) is 0 Å². The zero-order valence-electron chi connectivity index (χ0n) is 34.2. The van der Waals surface area contributed by atoms with Crippen LogP contribution in [0.4, 0.5) is 15.8 Å². The molecule has 310 valence electrons. The minimum Gasteiger partial charge on any atom is -0.368 e. The number of hydrogen-bond donors (Lipinski definition) is 1. The monoisotopic (exact) mass is 803 g/mol. The molecule has 59 heavy (non-hydrogen) atoms. The number of aromatic nitrogens is 4. The van der Waals surface area contributed by atoms with E-state index in [1.54, 1.807) is 23.9 Å². The van der Waals surface area contributed by atoms with Gasteiger partial charge < -0.3 is 29.5 Å². The van der Waals surface area contributed by atoms with Crippen molar-refractivity contribution in [2.45, 2.75) is 63.6 Å². The van der Waals surface area contributed by atoms with Crippen LogP contribution >= 0.6 is 0 Å². The molecule has 4 aromatic rings. The molecule has 3 amide bonds. The number of piperidine rings is 1. The predicted octanol–water partition coefficient (Wildman–Crippen LogP) is 4.07. The molecule has 7 heterocycles. The summed E-state index contributed by atoms with van der Waals surface area (Å²) in [7, 11) is 3.58. The van der Waals surface area contributed by atoms with E-state index in [1.807, 2.05) is 24.5 Å². The second-order valence-corrected chi connectivity index (χ2v) is 17.0. The van der Waals surface area contributed by atoms with Crippen molar-refractivity contribution >= 4 is 40.1 Å². The van der Waals surface area contributed by atoms with Gasteiger partial charge in [0.15, 0.2) is 0 Å². The molecule has 1 N–H and O–H groups in total. The molecule has 9 rings (SSSR count). The second kappa shape index (κ2) is 16.3. The number of nitrogens with one attached hydrogen (secondary N) is 1. The Morgan fingerprint density at radius 3 is 2.27 bits per heavy atom. The van der Waals surface area contributed by atoms with Gasteiger partial charge in [-0.2, -0.15) is 0 Å². The number of fused-ring (bicyclic) bond motifs is 2. The Hall–Kier alpha value is -5.41. The van der Waals surface area contributed by atoms with Crippen LogP contribution in [0.3, 0.4) is 0 Å². The van der Waals surface area contributed by atoms with Crippen molar-refractivity contribution in [3.05, 3.63) is 89.2 Å². The van der Waals surface area contributed by atoms with E-state index in [0.717, 1.165) is 93.2 Å². The van der Waals surface area contributed by atoms with Crippen molar-refractivity contribution in [1.82, 2.24) is 44.4 Å². The maximum atomic E-state index is 15.4. The van der Waals surface area contributed by atoms with Gasteiger partial charge in [-0.15, -0.1) is 0 Å². The molecule has 15 heteroatoms. The second-order valence-electron chi connectivity index (χ2n) is 17.0. The lowest BCUT2D eigenvalue weighted by Gasteiger charge is -2.39. The summed E-state index contributed by atoms with van der Waals surface area (Å²) >= 11 is 0. The standard InChI is InChI=1S/C44H54FN11O3/c1-29-8-11-37(42(57)48-29)55-28-31-23-38(36(45)25-35(31)43(55)58)54-20-16-52(17-21-54)13-12-51-14-18-53(19-15-51)34-10-9-32(46-27-34)24-40-47-26-30-22-39(44(59)50(2)3)56(41(30)49-40)33-6-4-5-7-33/h9-10,22-23,25-27,33,37H,1,4-8,11-21,24,28H2,2-3H3,(H,48,57). The van der Waals surface area contributed by atoms with Crippen LogP contribution in [0.2, 0.25) is 0 Å². The summed E-state index contributed by atoms with van der Waals surface area (Å²) in [6, 6.07) is 9.06. The number of carbonyl (C=O) groups excluding carboxylic acids is 3. The average molecular weight is 804 g/mol. The Balaban J connectivity index is 0.742. The smallest absolute Gasteiger partial charge is 0.270 e. The van der Waals surface area contributed by atoms with E-state index in [0.29, 0.717) is 67.4 Å². The molecule has 1 unspecified atom stereocenters. The summed E-state index contributed by atoms with van der Waals surface area (Å²) in [6.07, 6.45) is 9.92. The third kappa shape index (κ3) is 7.89. The van der Waals surface area contributed by atoms with E-state index in [1.165, 1.54) is 18.9 Å². The fourth-order valence-corrected chi connectivity index (χ4v) is 9.55. The van der Waals surface area contributed by atoms with Gasteiger partial charge in [0.25, 0.3) is 11.8 Å². The summed E-state index contributed by atoms with van der Waals surface area (Å²) in [5.41, 5.74) is 5.88. The number of pyridine rings is 1. The highest BCUT2D eigenvalue weighted by atomic mass is 19.1. The zero-order chi connectivity index (χ0) is 40.8. The Morgan fingerprint density at radius 2 is 1.61 bits per heavy atom. The summed E-state index contributed by atoms with van der Waals surface area (Å²) in [4.78, 5) is 66.0. The van der Waals surface area contributed by atoms with Crippen LogP contribution in [0.15, 0.2) is 55.0 Å². The molecule has 1 aromatic carbocycles. The third-order valence-electron chi connectivity index (χ3n) is 13.0. The molecular weight excluding hydrogens is 750 g/mol. The summed E-state index contributed by atoms with van der Waals surface area (Å²) < 4.78 is 17.6. The van der Waals surface area contributed by atoms with Crippen molar-refractivity contribution in [3.8, 4) is 0 Å².